The summed E-state index contributed by atoms with van der Waals surface area (Å²) >= 11 is 0. The van der Waals surface area contributed by atoms with E-state index in [0.29, 0.717) is 0 Å². The second-order valence-corrected chi connectivity index (χ2v) is 2.56. The van der Waals surface area contributed by atoms with Crippen LogP contribution < -0.4 is 29.6 Å². The molecule has 0 unspecified atom stereocenters. The first-order chi connectivity index (χ1) is 3.06. The Hall–Kier alpha value is 0.960. The average molecular weight is 126 g/mol. The molecule has 0 radical (unpaired) electrons. The van der Waals surface area contributed by atoms with Crippen molar-refractivity contribution in [2.24, 2.45) is 0 Å². The first kappa shape index (κ1) is 11.7. The molecule has 0 fully saturated rings. The Morgan fingerprint density at radius 2 is 1.88 bits per heavy atom. The van der Waals surface area contributed by atoms with E-state index >= 15 is 0 Å². The molecule has 2 heteroatoms. The van der Waals surface area contributed by atoms with Gasteiger partial charge in [0.1, 0.15) is 0 Å². The third kappa shape index (κ3) is 10.0. The van der Waals surface area contributed by atoms with Crippen LogP contribution in [0.2, 0.25) is 0 Å². The van der Waals surface area contributed by atoms with Crippen molar-refractivity contribution >= 4 is 0 Å². The van der Waals surface area contributed by atoms with E-state index in [1.54, 1.807) is 0 Å². The van der Waals surface area contributed by atoms with Crippen molar-refractivity contribution in [1.82, 2.24) is 0 Å². The zero-order chi connectivity index (χ0) is 5.91. The molecule has 0 aromatic rings. The Balaban J connectivity index is -0.000000180. The molecule has 1 N–H and O–H groups in total. The summed E-state index contributed by atoms with van der Waals surface area (Å²) < 4.78 is 0. The summed E-state index contributed by atoms with van der Waals surface area (Å²) in [6.45, 7) is 5.73. The number of hydrogen-bond acceptors (Lipinski definition) is 1. The molecule has 0 aliphatic heterocycles. The molecular weight excluding hydrogens is 111 g/mol. The van der Waals surface area contributed by atoms with Crippen molar-refractivity contribution in [2.75, 3.05) is 0 Å². The van der Waals surface area contributed by atoms with Gasteiger partial charge in [-0.05, 0) is 20.3 Å². The van der Waals surface area contributed by atoms with Gasteiger partial charge >= 0.3 is 29.6 Å². The van der Waals surface area contributed by atoms with Crippen LogP contribution in [0.15, 0.2) is 0 Å². The minimum Gasteiger partial charge on any atom is -1.00 e. The molecule has 0 aromatic heterocycles. The van der Waals surface area contributed by atoms with Gasteiger partial charge in [0, 0.05) is 0 Å². The van der Waals surface area contributed by atoms with Gasteiger partial charge in [-0.1, -0.05) is 13.3 Å². The summed E-state index contributed by atoms with van der Waals surface area (Å²) in [5, 5.41) is 9.02. The number of hydrogen-bond donors (Lipinski definition) is 1. The molecule has 0 bridgehead atoms. The third-order valence-corrected chi connectivity index (χ3v) is 0.862. The van der Waals surface area contributed by atoms with Crippen LogP contribution in [0, 0.1) is 0 Å². The molecule has 0 aliphatic rings. The molecule has 8 heavy (non-hydrogen) atoms. The van der Waals surface area contributed by atoms with Gasteiger partial charge in [-0.3, -0.25) is 0 Å². The summed E-state index contributed by atoms with van der Waals surface area (Å²) in [6.07, 6.45) is 1.95. The Bertz CT molecular complexity index is 51.5. The van der Waals surface area contributed by atoms with Crippen LogP contribution in [0.1, 0.15) is 35.0 Å². The van der Waals surface area contributed by atoms with E-state index in [1.807, 2.05) is 13.8 Å². The molecule has 0 saturated heterocycles. The predicted molar refractivity (Wildman–Crippen MR) is 32.3 cm³/mol. The number of rotatable bonds is 2. The molecule has 0 rings (SSSR count). The second kappa shape index (κ2) is 4.80. The molecule has 0 aliphatic carbocycles. The van der Waals surface area contributed by atoms with Crippen molar-refractivity contribution in [1.29, 1.82) is 0 Å². The van der Waals surface area contributed by atoms with E-state index in [0.717, 1.165) is 12.8 Å². The quantitative estimate of drug-likeness (QED) is 0.455. The van der Waals surface area contributed by atoms with E-state index in [4.69, 9.17) is 5.11 Å². The monoisotopic (exact) mass is 126 g/mol. The fraction of sp³-hybridized carbons (Fsp3) is 1.00. The Labute approximate surface area is 75.3 Å². The Morgan fingerprint density at radius 3 is 1.88 bits per heavy atom. The first-order valence-corrected chi connectivity index (χ1v) is 2.78. The normalized spacial score (nSPS) is 10.5. The molecule has 46 valence electrons. The zero-order valence-corrected chi connectivity index (χ0v) is 8.36. The Kier molecular flexibility index (Phi) is 7.04. The van der Waals surface area contributed by atoms with E-state index < -0.39 is 5.60 Å². The largest absolute Gasteiger partial charge is 1.00 e. The number of aliphatic hydroxyl groups is 1. The van der Waals surface area contributed by atoms with E-state index in [2.05, 4.69) is 6.92 Å². The maximum absolute atomic E-state index is 9.02. The smallest absolute Gasteiger partial charge is 1.00 e. The first-order valence-electron chi connectivity index (χ1n) is 2.78. The Morgan fingerprint density at radius 1 is 1.50 bits per heavy atom. The third-order valence-electron chi connectivity index (χ3n) is 0.862. The minimum atomic E-state index is -0.450. The van der Waals surface area contributed by atoms with Gasteiger partial charge in [-0.2, -0.15) is 0 Å². The standard InChI is InChI=1S/C6H14O.Na.H/c1-4-5-6(2,3)7;;/h7H,4-5H2,1-3H3;;/q;+1;-1. The van der Waals surface area contributed by atoms with Crippen LogP contribution in [0.5, 0.6) is 0 Å². The summed E-state index contributed by atoms with van der Waals surface area (Å²) in [5.74, 6) is 0. The van der Waals surface area contributed by atoms with Crippen LogP contribution >= 0.6 is 0 Å². The SMILES string of the molecule is CCCC(C)(C)O.[H-].[Na+]. The van der Waals surface area contributed by atoms with Crippen molar-refractivity contribution in [2.45, 2.75) is 39.2 Å². The second-order valence-electron chi connectivity index (χ2n) is 2.56. The molecule has 0 saturated carbocycles. The van der Waals surface area contributed by atoms with Crippen molar-refractivity contribution in [3.8, 4) is 0 Å². The van der Waals surface area contributed by atoms with Crippen LogP contribution in [0.4, 0.5) is 0 Å². The minimum absolute atomic E-state index is 0. The van der Waals surface area contributed by atoms with E-state index in [-0.39, 0.29) is 31.0 Å². The molecule has 0 heterocycles. The summed E-state index contributed by atoms with van der Waals surface area (Å²) in [5.41, 5.74) is -0.450. The summed E-state index contributed by atoms with van der Waals surface area (Å²) in [7, 11) is 0. The van der Waals surface area contributed by atoms with E-state index in [9.17, 15) is 0 Å². The van der Waals surface area contributed by atoms with Gasteiger partial charge in [0.15, 0.2) is 0 Å². The molecule has 0 atom stereocenters. The van der Waals surface area contributed by atoms with E-state index in [1.165, 1.54) is 0 Å². The molecular formula is C6H15NaO. The zero-order valence-electron chi connectivity index (χ0n) is 7.36. The fourth-order valence-electron chi connectivity index (χ4n) is 0.612. The summed E-state index contributed by atoms with van der Waals surface area (Å²) in [6, 6.07) is 0. The van der Waals surface area contributed by atoms with Crippen molar-refractivity contribution in [3.05, 3.63) is 0 Å². The van der Waals surface area contributed by atoms with Gasteiger partial charge in [0.2, 0.25) is 0 Å². The van der Waals surface area contributed by atoms with Crippen molar-refractivity contribution in [3.63, 3.8) is 0 Å². The average Bonchev–Trinajstić information content (AvgIpc) is 1.30. The van der Waals surface area contributed by atoms with Gasteiger partial charge in [0.25, 0.3) is 0 Å². The molecule has 0 aromatic carbocycles. The van der Waals surface area contributed by atoms with Gasteiger partial charge in [-0.15, -0.1) is 0 Å². The van der Waals surface area contributed by atoms with Gasteiger partial charge in [0.05, 0.1) is 5.60 Å². The maximum Gasteiger partial charge on any atom is 1.00 e. The topological polar surface area (TPSA) is 20.2 Å². The predicted octanol–water partition coefficient (Wildman–Crippen LogP) is -1.33. The van der Waals surface area contributed by atoms with Crippen LogP contribution in [-0.4, -0.2) is 10.7 Å². The summed E-state index contributed by atoms with van der Waals surface area (Å²) in [4.78, 5) is 0. The molecule has 0 spiro atoms. The van der Waals surface area contributed by atoms with Crippen LogP contribution in [0.25, 0.3) is 0 Å². The van der Waals surface area contributed by atoms with Gasteiger partial charge < -0.3 is 6.53 Å². The fourth-order valence-corrected chi connectivity index (χ4v) is 0.612. The van der Waals surface area contributed by atoms with Crippen LogP contribution in [0.3, 0.4) is 0 Å². The molecule has 0 amide bonds. The molecule has 1 nitrogen and oxygen atoms in total. The van der Waals surface area contributed by atoms with Gasteiger partial charge in [-0.25, -0.2) is 0 Å². The van der Waals surface area contributed by atoms with Crippen molar-refractivity contribution < 1.29 is 36.1 Å². The maximum atomic E-state index is 9.02. The van der Waals surface area contributed by atoms with Crippen LogP contribution in [-0.2, 0) is 0 Å².